The molecular formula is C10H9ClN2O2S2. The molecule has 1 aromatic heterocycles. The summed E-state index contributed by atoms with van der Waals surface area (Å²) in [5.74, 6) is 0. The summed E-state index contributed by atoms with van der Waals surface area (Å²) < 4.78 is 26.4. The molecule has 0 unspecified atom stereocenters. The van der Waals surface area contributed by atoms with Gasteiger partial charge in [0.05, 0.1) is 11.4 Å². The number of thiophene rings is 1. The highest BCUT2D eigenvalue weighted by atomic mass is 35.5. The van der Waals surface area contributed by atoms with Crippen molar-refractivity contribution in [1.82, 2.24) is 0 Å². The van der Waals surface area contributed by atoms with E-state index in [2.05, 4.69) is 4.72 Å². The molecule has 0 saturated carbocycles. The summed E-state index contributed by atoms with van der Waals surface area (Å²) in [6.07, 6.45) is 0. The Morgan fingerprint density at radius 2 is 2.06 bits per heavy atom. The zero-order chi connectivity index (χ0) is 12.5. The largest absolute Gasteiger partial charge is 0.398 e. The highest BCUT2D eigenvalue weighted by Crippen LogP contribution is 2.25. The fourth-order valence-electron chi connectivity index (χ4n) is 1.30. The minimum Gasteiger partial charge on any atom is -0.398 e. The van der Waals surface area contributed by atoms with Crippen LogP contribution in [0.3, 0.4) is 0 Å². The van der Waals surface area contributed by atoms with Gasteiger partial charge in [0, 0.05) is 10.4 Å². The number of hydrogen-bond acceptors (Lipinski definition) is 4. The maximum Gasteiger partial charge on any atom is 0.263 e. The first kappa shape index (κ1) is 12.2. The van der Waals surface area contributed by atoms with Crippen molar-refractivity contribution in [3.05, 3.63) is 40.0 Å². The Bertz CT molecular complexity index is 624. The molecule has 0 amide bonds. The summed E-state index contributed by atoms with van der Waals surface area (Å²) in [5.41, 5.74) is 6.28. The maximum atomic E-state index is 12.0. The van der Waals surface area contributed by atoms with E-state index in [1.165, 1.54) is 29.5 Å². The van der Waals surface area contributed by atoms with Gasteiger partial charge in [-0.1, -0.05) is 11.6 Å². The third-order valence-corrected chi connectivity index (χ3v) is 4.41. The molecule has 0 spiro atoms. The van der Waals surface area contributed by atoms with Gasteiger partial charge in [0.25, 0.3) is 10.0 Å². The number of hydrogen-bond donors (Lipinski definition) is 2. The lowest BCUT2D eigenvalue weighted by Crippen LogP contribution is -2.14. The zero-order valence-electron chi connectivity index (χ0n) is 8.55. The number of benzene rings is 1. The van der Waals surface area contributed by atoms with Crippen molar-refractivity contribution in [2.75, 3.05) is 10.5 Å². The molecule has 0 bridgehead atoms. The van der Waals surface area contributed by atoms with Crippen LogP contribution in [-0.4, -0.2) is 8.42 Å². The third-order valence-electron chi connectivity index (χ3n) is 2.03. The average molecular weight is 289 g/mol. The Kier molecular flexibility index (Phi) is 3.28. The van der Waals surface area contributed by atoms with E-state index in [0.717, 1.165) is 0 Å². The molecule has 0 aliphatic carbocycles. The van der Waals surface area contributed by atoms with Crippen LogP contribution < -0.4 is 10.5 Å². The molecule has 4 nitrogen and oxygen atoms in total. The molecule has 3 N–H and O–H groups in total. The van der Waals surface area contributed by atoms with Gasteiger partial charge in [-0.3, -0.25) is 4.72 Å². The molecule has 0 aliphatic rings. The molecule has 90 valence electrons. The predicted octanol–water partition coefficient (Wildman–Crippen LogP) is 2.78. The van der Waals surface area contributed by atoms with Crippen LogP contribution >= 0.6 is 22.9 Å². The molecule has 0 radical (unpaired) electrons. The zero-order valence-corrected chi connectivity index (χ0v) is 10.9. The van der Waals surface area contributed by atoms with Crippen LogP contribution in [0.2, 0.25) is 5.02 Å². The van der Waals surface area contributed by atoms with E-state index in [9.17, 15) is 8.42 Å². The first-order chi connectivity index (χ1) is 7.99. The summed E-state index contributed by atoms with van der Waals surface area (Å²) in [5, 5.41) is 3.88. The highest BCUT2D eigenvalue weighted by Gasteiger charge is 2.17. The van der Waals surface area contributed by atoms with Gasteiger partial charge < -0.3 is 5.73 Å². The van der Waals surface area contributed by atoms with Crippen molar-refractivity contribution in [2.45, 2.75) is 4.90 Å². The van der Waals surface area contributed by atoms with E-state index in [1.54, 1.807) is 16.8 Å². The molecule has 7 heteroatoms. The van der Waals surface area contributed by atoms with Gasteiger partial charge in [-0.05, 0) is 29.6 Å². The first-order valence-corrected chi connectivity index (χ1v) is 7.39. The quantitative estimate of drug-likeness (QED) is 0.853. The number of nitrogens with two attached hydrogens (primary N) is 1. The molecular weight excluding hydrogens is 280 g/mol. The molecule has 17 heavy (non-hydrogen) atoms. The smallest absolute Gasteiger partial charge is 0.263 e. The van der Waals surface area contributed by atoms with Crippen molar-refractivity contribution >= 4 is 44.3 Å². The normalized spacial score (nSPS) is 11.4. The molecule has 0 saturated heterocycles. The van der Waals surface area contributed by atoms with E-state index in [1.807, 2.05) is 0 Å². The minimum absolute atomic E-state index is 0.0214. The number of sulfonamides is 1. The Labute approximate surface area is 108 Å². The Morgan fingerprint density at radius 1 is 1.29 bits per heavy atom. The maximum absolute atomic E-state index is 12.0. The SMILES string of the molecule is Nc1cc(Cl)ccc1S(=O)(=O)Nc1ccsc1. The lowest BCUT2D eigenvalue weighted by molar-refractivity contribution is 0.601. The van der Waals surface area contributed by atoms with E-state index in [-0.39, 0.29) is 10.6 Å². The van der Waals surface area contributed by atoms with Gasteiger partial charge in [0.15, 0.2) is 0 Å². The number of rotatable bonds is 3. The standard InChI is InChI=1S/C10H9ClN2O2S2/c11-7-1-2-10(9(12)5-7)17(14,15)13-8-3-4-16-6-8/h1-6,13H,12H2. The Balaban J connectivity index is 2.38. The van der Waals surface area contributed by atoms with Crippen LogP contribution in [0.5, 0.6) is 0 Å². The van der Waals surface area contributed by atoms with Crippen molar-refractivity contribution in [2.24, 2.45) is 0 Å². The van der Waals surface area contributed by atoms with Crippen LogP contribution in [0.25, 0.3) is 0 Å². The third kappa shape index (κ3) is 2.71. The molecule has 2 rings (SSSR count). The molecule has 1 heterocycles. The van der Waals surface area contributed by atoms with Gasteiger partial charge >= 0.3 is 0 Å². The van der Waals surface area contributed by atoms with Crippen LogP contribution in [0.1, 0.15) is 0 Å². The van der Waals surface area contributed by atoms with Crippen LogP contribution in [0, 0.1) is 0 Å². The van der Waals surface area contributed by atoms with E-state index < -0.39 is 10.0 Å². The summed E-state index contributed by atoms with van der Waals surface area (Å²) in [4.78, 5) is 0.0214. The van der Waals surface area contributed by atoms with Crippen LogP contribution in [-0.2, 0) is 10.0 Å². The van der Waals surface area contributed by atoms with Gasteiger partial charge in [-0.2, -0.15) is 11.3 Å². The number of anilines is 2. The lowest BCUT2D eigenvalue weighted by Gasteiger charge is -2.08. The van der Waals surface area contributed by atoms with Crippen molar-refractivity contribution in [3.63, 3.8) is 0 Å². The predicted molar refractivity (Wildman–Crippen MR) is 71.0 cm³/mol. The second kappa shape index (κ2) is 4.56. The topological polar surface area (TPSA) is 72.2 Å². The summed E-state index contributed by atoms with van der Waals surface area (Å²) >= 11 is 7.12. The van der Waals surface area contributed by atoms with Crippen LogP contribution in [0.15, 0.2) is 39.9 Å². The molecule has 0 aliphatic heterocycles. The van der Waals surface area contributed by atoms with E-state index >= 15 is 0 Å². The lowest BCUT2D eigenvalue weighted by atomic mass is 10.3. The Morgan fingerprint density at radius 3 is 2.65 bits per heavy atom. The monoisotopic (exact) mass is 288 g/mol. The van der Waals surface area contributed by atoms with Crippen molar-refractivity contribution < 1.29 is 8.42 Å². The van der Waals surface area contributed by atoms with Gasteiger partial charge in [0.2, 0.25) is 0 Å². The van der Waals surface area contributed by atoms with E-state index in [4.69, 9.17) is 17.3 Å². The summed E-state index contributed by atoms with van der Waals surface area (Å²) in [6.45, 7) is 0. The molecule has 2 aromatic rings. The Hall–Kier alpha value is -1.24. The first-order valence-electron chi connectivity index (χ1n) is 4.59. The van der Waals surface area contributed by atoms with Gasteiger partial charge in [-0.25, -0.2) is 8.42 Å². The number of nitrogens with one attached hydrogen (secondary N) is 1. The van der Waals surface area contributed by atoms with Crippen molar-refractivity contribution in [3.8, 4) is 0 Å². The second-order valence-corrected chi connectivity index (χ2v) is 6.17. The summed E-state index contributed by atoms with van der Waals surface area (Å²) in [7, 11) is -3.66. The van der Waals surface area contributed by atoms with Crippen molar-refractivity contribution in [1.29, 1.82) is 0 Å². The average Bonchev–Trinajstić information content (AvgIpc) is 2.68. The fraction of sp³-hybridized carbons (Fsp3) is 0. The van der Waals surface area contributed by atoms with Gasteiger partial charge in [-0.15, -0.1) is 0 Å². The van der Waals surface area contributed by atoms with Gasteiger partial charge in [0.1, 0.15) is 4.90 Å². The van der Waals surface area contributed by atoms with Crippen LogP contribution in [0.4, 0.5) is 11.4 Å². The number of nitrogen functional groups attached to an aromatic ring is 1. The molecule has 0 fully saturated rings. The fourth-order valence-corrected chi connectivity index (χ4v) is 3.30. The highest BCUT2D eigenvalue weighted by molar-refractivity contribution is 7.92. The second-order valence-electron chi connectivity index (χ2n) is 3.30. The number of halogens is 1. The van der Waals surface area contributed by atoms with E-state index in [0.29, 0.717) is 10.7 Å². The minimum atomic E-state index is -3.66. The summed E-state index contributed by atoms with van der Waals surface area (Å²) in [6, 6.07) is 5.95. The molecule has 0 atom stereocenters. The molecule has 1 aromatic carbocycles.